The summed E-state index contributed by atoms with van der Waals surface area (Å²) in [5, 5.41) is 19.0. The van der Waals surface area contributed by atoms with Gasteiger partial charge in [-0.15, -0.1) is 0 Å². The molecule has 1 N–H and O–H groups in total. The van der Waals surface area contributed by atoms with Crippen LogP contribution in [0.1, 0.15) is 24.5 Å². The molecule has 0 spiro atoms. The van der Waals surface area contributed by atoms with Crippen LogP contribution in [0.3, 0.4) is 0 Å². The second-order valence-corrected chi connectivity index (χ2v) is 7.56. The molecule has 1 unspecified atom stereocenters. The number of alkyl halides is 1. The number of phenols is 1. The van der Waals surface area contributed by atoms with Gasteiger partial charge in [0.25, 0.3) is 0 Å². The third-order valence-electron chi connectivity index (χ3n) is 3.68. The van der Waals surface area contributed by atoms with Gasteiger partial charge in [-0.05, 0) is 61.2 Å². The first-order chi connectivity index (χ1) is 11.8. The van der Waals surface area contributed by atoms with Crippen LogP contribution in [0.15, 0.2) is 58.3 Å². The first-order valence-corrected chi connectivity index (χ1v) is 9.21. The first kappa shape index (κ1) is 18.7. The fourth-order valence-corrected chi connectivity index (χ4v) is 3.51. The van der Waals surface area contributed by atoms with E-state index in [-0.39, 0.29) is 17.1 Å². The molecule has 0 amide bonds. The van der Waals surface area contributed by atoms with Gasteiger partial charge in [-0.1, -0.05) is 24.3 Å². The van der Waals surface area contributed by atoms with Crippen molar-refractivity contribution in [1.29, 1.82) is 5.26 Å². The number of halogens is 1. The summed E-state index contributed by atoms with van der Waals surface area (Å²) in [6.45, 7) is 1.43. The zero-order valence-electron chi connectivity index (χ0n) is 13.7. The van der Waals surface area contributed by atoms with Gasteiger partial charge in [-0.2, -0.15) is 5.26 Å². The fourth-order valence-electron chi connectivity index (χ4n) is 2.34. The zero-order chi connectivity index (χ0) is 18.4. The van der Waals surface area contributed by atoms with Crippen molar-refractivity contribution in [2.24, 2.45) is 0 Å². The van der Waals surface area contributed by atoms with Gasteiger partial charge >= 0.3 is 0 Å². The third-order valence-corrected chi connectivity index (χ3v) is 5.36. The maximum Gasteiger partial charge on any atom is 0.216 e. The summed E-state index contributed by atoms with van der Waals surface area (Å²) < 4.78 is 38.4. The molecule has 0 bridgehead atoms. The van der Waals surface area contributed by atoms with Crippen LogP contribution in [0.5, 0.6) is 5.75 Å². The minimum absolute atomic E-state index is 0.00286. The lowest BCUT2D eigenvalue weighted by Crippen LogP contribution is -2.04. The average molecular weight is 359 g/mol. The van der Waals surface area contributed by atoms with Crippen molar-refractivity contribution >= 4 is 15.9 Å². The molecule has 130 valence electrons. The van der Waals surface area contributed by atoms with Crippen molar-refractivity contribution < 1.29 is 17.9 Å². The Morgan fingerprint density at radius 3 is 2.56 bits per heavy atom. The van der Waals surface area contributed by atoms with Crippen molar-refractivity contribution in [3.8, 4) is 11.8 Å². The topological polar surface area (TPSA) is 78.2 Å². The number of hydrogen-bond donors (Lipinski definition) is 1. The molecule has 2 aromatic carbocycles. The molecule has 6 heteroatoms. The van der Waals surface area contributed by atoms with E-state index >= 15 is 0 Å². The highest BCUT2D eigenvalue weighted by atomic mass is 32.2. The summed E-state index contributed by atoms with van der Waals surface area (Å²) in [6.07, 6.45) is 0.794. The summed E-state index contributed by atoms with van der Waals surface area (Å²) in [5.41, 5.74) is 1.05. The van der Waals surface area contributed by atoms with Crippen LogP contribution in [0.4, 0.5) is 4.39 Å². The van der Waals surface area contributed by atoms with Gasteiger partial charge in [0.05, 0.1) is 11.1 Å². The fraction of sp³-hybridized carbons (Fsp3) is 0.211. The predicted molar refractivity (Wildman–Crippen MR) is 94.2 cm³/mol. The summed E-state index contributed by atoms with van der Waals surface area (Å²) in [7, 11) is -3.94. The molecular weight excluding hydrogens is 341 g/mol. The average Bonchev–Trinajstić information content (AvgIpc) is 2.59. The molecule has 1 atom stereocenters. The second kappa shape index (κ2) is 7.95. The van der Waals surface area contributed by atoms with E-state index in [0.29, 0.717) is 17.5 Å². The molecule has 0 aromatic heterocycles. The molecule has 0 heterocycles. The van der Waals surface area contributed by atoms with E-state index < -0.39 is 20.9 Å². The Kier molecular flexibility index (Phi) is 5.94. The van der Waals surface area contributed by atoms with Crippen LogP contribution in [0.25, 0.3) is 6.08 Å². The number of phenolic OH excluding ortho intramolecular Hbond substituents is 1. The number of nitriles is 1. The minimum Gasteiger partial charge on any atom is -0.508 e. The van der Waals surface area contributed by atoms with Crippen LogP contribution in [0, 0.1) is 11.3 Å². The largest absolute Gasteiger partial charge is 0.508 e. The summed E-state index contributed by atoms with van der Waals surface area (Å²) in [6, 6.07) is 13.8. The molecule has 25 heavy (non-hydrogen) atoms. The van der Waals surface area contributed by atoms with Crippen LogP contribution < -0.4 is 0 Å². The van der Waals surface area contributed by atoms with Crippen LogP contribution in [-0.4, -0.2) is 19.7 Å². The van der Waals surface area contributed by atoms with E-state index in [0.717, 1.165) is 0 Å². The van der Waals surface area contributed by atoms with Gasteiger partial charge in [-0.25, -0.2) is 12.8 Å². The Labute approximate surface area is 146 Å². The number of hydrogen-bond acceptors (Lipinski definition) is 4. The minimum atomic E-state index is -3.94. The van der Waals surface area contributed by atoms with Crippen molar-refractivity contribution in [3.05, 3.63) is 64.6 Å². The molecule has 2 rings (SSSR count). The van der Waals surface area contributed by atoms with E-state index in [9.17, 15) is 23.2 Å². The van der Waals surface area contributed by atoms with Crippen molar-refractivity contribution in [1.82, 2.24) is 0 Å². The SMILES string of the molecule is CC(F)CCc1cc(O)ccc1C=C(C#N)S(=O)(=O)c1ccccc1. The molecular formula is C19H18FNO3S. The first-order valence-electron chi connectivity index (χ1n) is 7.72. The maximum atomic E-state index is 13.1. The Morgan fingerprint density at radius 2 is 1.96 bits per heavy atom. The van der Waals surface area contributed by atoms with Crippen LogP contribution in [-0.2, 0) is 16.3 Å². The quantitative estimate of drug-likeness (QED) is 0.790. The van der Waals surface area contributed by atoms with Crippen LogP contribution in [0.2, 0.25) is 0 Å². The van der Waals surface area contributed by atoms with Gasteiger partial charge in [0.1, 0.15) is 16.7 Å². The summed E-state index contributed by atoms with van der Waals surface area (Å²) >= 11 is 0. The zero-order valence-corrected chi connectivity index (χ0v) is 14.5. The molecule has 0 aliphatic carbocycles. The highest BCUT2D eigenvalue weighted by Gasteiger charge is 2.21. The van der Waals surface area contributed by atoms with Crippen molar-refractivity contribution in [3.63, 3.8) is 0 Å². The highest BCUT2D eigenvalue weighted by Crippen LogP contribution is 2.25. The molecule has 0 fully saturated rings. The van der Waals surface area contributed by atoms with Gasteiger partial charge in [0.15, 0.2) is 0 Å². The predicted octanol–water partition coefficient (Wildman–Crippen LogP) is 4.02. The molecule has 0 aliphatic rings. The van der Waals surface area contributed by atoms with E-state index in [1.54, 1.807) is 24.3 Å². The lowest BCUT2D eigenvalue weighted by atomic mass is 10.0. The number of sulfone groups is 1. The van der Waals surface area contributed by atoms with E-state index in [4.69, 9.17) is 0 Å². The number of benzene rings is 2. The van der Waals surface area contributed by atoms with E-state index in [1.807, 2.05) is 0 Å². The Balaban J connectivity index is 2.48. The summed E-state index contributed by atoms with van der Waals surface area (Å²) in [4.78, 5) is -0.376. The smallest absolute Gasteiger partial charge is 0.216 e. The Morgan fingerprint density at radius 1 is 1.28 bits per heavy atom. The van der Waals surface area contributed by atoms with E-state index in [1.165, 1.54) is 43.3 Å². The number of nitrogens with zero attached hydrogens (tertiary/aromatic N) is 1. The van der Waals surface area contributed by atoms with Gasteiger partial charge < -0.3 is 5.11 Å². The van der Waals surface area contributed by atoms with Gasteiger partial charge in [0.2, 0.25) is 9.84 Å². The molecule has 4 nitrogen and oxygen atoms in total. The molecule has 2 aromatic rings. The summed E-state index contributed by atoms with van der Waals surface area (Å²) in [5.74, 6) is 0.00286. The second-order valence-electron chi connectivity index (χ2n) is 5.64. The third kappa shape index (κ3) is 4.68. The maximum absolute atomic E-state index is 13.1. The highest BCUT2D eigenvalue weighted by molar-refractivity contribution is 7.95. The van der Waals surface area contributed by atoms with Gasteiger partial charge in [0, 0.05) is 0 Å². The number of aryl methyl sites for hydroxylation is 1. The van der Waals surface area contributed by atoms with E-state index in [2.05, 4.69) is 0 Å². The number of aromatic hydroxyl groups is 1. The molecule has 0 saturated carbocycles. The Bertz CT molecular complexity index is 913. The molecule has 0 saturated heterocycles. The van der Waals surface area contributed by atoms with Gasteiger partial charge in [-0.3, -0.25) is 0 Å². The number of allylic oxidation sites excluding steroid dienone is 1. The van der Waals surface area contributed by atoms with Crippen molar-refractivity contribution in [2.45, 2.75) is 30.8 Å². The van der Waals surface area contributed by atoms with Crippen LogP contribution >= 0.6 is 0 Å². The number of rotatable bonds is 6. The normalized spacial score (nSPS) is 13.2. The molecule has 0 aliphatic heterocycles. The lowest BCUT2D eigenvalue weighted by molar-refractivity contribution is 0.341. The Hall–Kier alpha value is -2.65. The molecule has 0 radical (unpaired) electrons. The standard InChI is InChI=1S/C19H18FNO3S/c1-14(20)7-8-15-11-17(22)10-9-16(15)12-19(13-21)25(23,24)18-5-3-2-4-6-18/h2-6,9-12,14,22H,7-8H2,1H3. The monoisotopic (exact) mass is 359 g/mol. The van der Waals surface area contributed by atoms with Crippen molar-refractivity contribution in [2.75, 3.05) is 0 Å². The lowest BCUT2D eigenvalue weighted by Gasteiger charge is -2.09.